The van der Waals surface area contributed by atoms with E-state index in [0.29, 0.717) is 5.56 Å². The molecule has 0 bridgehead atoms. The largest absolute Gasteiger partial charge is 0.574 e. The first kappa shape index (κ1) is 22.0. The lowest BCUT2D eigenvalue weighted by Crippen LogP contribution is -2.40. The van der Waals surface area contributed by atoms with Crippen LogP contribution in [0.4, 0.5) is 29.8 Å². The fourth-order valence-corrected chi connectivity index (χ4v) is 3.68. The van der Waals surface area contributed by atoms with E-state index in [1.807, 2.05) is 0 Å². The quantitative estimate of drug-likeness (QED) is 0.528. The third-order valence-electron chi connectivity index (χ3n) is 4.11. The Kier molecular flexibility index (Phi) is 6.11. The van der Waals surface area contributed by atoms with Crippen molar-refractivity contribution in [2.24, 2.45) is 5.73 Å². The summed E-state index contributed by atoms with van der Waals surface area (Å²) in [6.45, 7) is 1.47. The van der Waals surface area contributed by atoms with Crippen LogP contribution in [0.2, 0.25) is 0 Å². The van der Waals surface area contributed by atoms with Crippen LogP contribution in [0.3, 0.4) is 0 Å². The zero-order valence-electron chi connectivity index (χ0n) is 16.0. The lowest BCUT2D eigenvalue weighted by molar-refractivity contribution is -0.276. The second kappa shape index (κ2) is 8.60. The first-order valence-electron chi connectivity index (χ1n) is 8.73. The van der Waals surface area contributed by atoms with E-state index < -0.39 is 24.2 Å². The number of carbonyl (C=O) groups excluding carboxylic acids is 2. The summed E-state index contributed by atoms with van der Waals surface area (Å²) in [7, 11) is 0. The summed E-state index contributed by atoms with van der Waals surface area (Å²) in [4.78, 5) is 33.9. The van der Waals surface area contributed by atoms with Gasteiger partial charge in [0.15, 0.2) is 5.13 Å². The Hall–Kier alpha value is -3.67. The van der Waals surface area contributed by atoms with Crippen molar-refractivity contribution in [3.05, 3.63) is 59.1 Å². The SMILES string of the molecule is C[C@H](C(N)=O)N(c1ccc(OC(F)(F)F)nc1)c1nc(N)c(C(=O)c2ccccc2)s1. The van der Waals surface area contributed by atoms with E-state index >= 15 is 0 Å². The minimum absolute atomic E-state index is 0.0551. The van der Waals surface area contributed by atoms with E-state index in [9.17, 15) is 22.8 Å². The summed E-state index contributed by atoms with van der Waals surface area (Å²) in [6.07, 6.45) is -3.83. The molecule has 4 N–H and O–H groups in total. The summed E-state index contributed by atoms with van der Waals surface area (Å²) >= 11 is 0.919. The normalized spacial score (nSPS) is 12.3. The molecule has 0 radical (unpaired) electrons. The van der Waals surface area contributed by atoms with Crippen molar-refractivity contribution < 1.29 is 27.5 Å². The molecule has 8 nitrogen and oxygen atoms in total. The molecular weight excluding hydrogens is 435 g/mol. The second-order valence-electron chi connectivity index (χ2n) is 6.26. The fraction of sp³-hybridized carbons (Fsp3) is 0.158. The molecule has 1 atom stereocenters. The number of thiazole rings is 1. The summed E-state index contributed by atoms with van der Waals surface area (Å²) < 4.78 is 40.9. The van der Waals surface area contributed by atoms with Crippen molar-refractivity contribution in [1.82, 2.24) is 9.97 Å². The Morgan fingerprint density at radius 2 is 1.84 bits per heavy atom. The molecule has 3 rings (SSSR count). The van der Waals surface area contributed by atoms with E-state index in [0.717, 1.165) is 23.6 Å². The van der Waals surface area contributed by atoms with E-state index in [4.69, 9.17) is 11.5 Å². The van der Waals surface area contributed by atoms with Gasteiger partial charge in [-0.05, 0) is 13.0 Å². The van der Waals surface area contributed by atoms with Gasteiger partial charge in [0.05, 0.1) is 11.9 Å². The van der Waals surface area contributed by atoms with Gasteiger partial charge in [-0.3, -0.25) is 9.59 Å². The zero-order valence-corrected chi connectivity index (χ0v) is 16.8. The number of aromatic nitrogens is 2. The van der Waals surface area contributed by atoms with Crippen molar-refractivity contribution in [3.63, 3.8) is 0 Å². The molecule has 3 aromatic rings. The van der Waals surface area contributed by atoms with Crippen molar-refractivity contribution in [1.29, 1.82) is 0 Å². The van der Waals surface area contributed by atoms with Crippen LogP contribution in [0.5, 0.6) is 5.88 Å². The number of nitrogens with zero attached hydrogens (tertiary/aromatic N) is 3. The number of anilines is 3. The summed E-state index contributed by atoms with van der Waals surface area (Å²) in [6, 6.07) is 9.66. The van der Waals surface area contributed by atoms with Gasteiger partial charge in [0, 0.05) is 11.6 Å². The molecule has 31 heavy (non-hydrogen) atoms. The topological polar surface area (TPSA) is 124 Å². The molecule has 0 aliphatic rings. The minimum atomic E-state index is -4.90. The lowest BCUT2D eigenvalue weighted by atomic mass is 10.1. The molecule has 0 saturated heterocycles. The highest BCUT2D eigenvalue weighted by atomic mass is 32.1. The van der Waals surface area contributed by atoms with Crippen molar-refractivity contribution >= 4 is 39.7 Å². The third kappa shape index (κ3) is 5.09. The molecule has 0 saturated carbocycles. The molecule has 1 aromatic carbocycles. The molecule has 0 fully saturated rings. The number of alkyl halides is 3. The molecule has 1 amide bonds. The molecule has 0 aliphatic carbocycles. The van der Waals surface area contributed by atoms with Gasteiger partial charge in [0.1, 0.15) is 16.7 Å². The number of ketones is 1. The Morgan fingerprint density at radius 3 is 2.39 bits per heavy atom. The molecule has 12 heteroatoms. The number of ether oxygens (including phenoxy) is 1. The Labute approximate surface area is 178 Å². The summed E-state index contributed by atoms with van der Waals surface area (Å²) in [5.41, 5.74) is 12.0. The molecule has 0 spiro atoms. The van der Waals surface area contributed by atoms with Crippen LogP contribution in [-0.4, -0.2) is 34.1 Å². The molecular formula is C19H16F3N5O3S. The van der Waals surface area contributed by atoms with Crippen LogP contribution in [0.25, 0.3) is 0 Å². The number of rotatable bonds is 7. The first-order chi connectivity index (χ1) is 14.6. The highest BCUT2D eigenvalue weighted by molar-refractivity contribution is 7.18. The van der Waals surface area contributed by atoms with Gasteiger partial charge < -0.3 is 21.1 Å². The van der Waals surface area contributed by atoms with Gasteiger partial charge >= 0.3 is 6.36 Å². The van der Waals surface area contributed by atoms with Gasteiger partial charge in [-0.2, -0.15) is 0 Å². The van der Waals surface area contributed by atoms with E-state index in [1.54, 1.807) is 30.3 Å². The number of carbonyl (C=O) groups is 2. The minimum Gasteiger partial charge on any atom is -0.388 e. The van der Waals surface area contributed by atoms with Gasteiger partial charge in [-0.15, -0.1) is 13.2 Å². The maximum absolute atomic E-state index is 12.8. The van der Waals surface area contributed by atoms with E-state index in [-0.39, 0.29) is 27.3 Å². The van der Waals surface area contributed by atoms with E-state index in [2.05, 4.69) is 14.7 Å². The molecule has 2 heterocycles. The Morgan fingerprint density at radius 1 is 1.16 bits per heavy atom. The van der Waals surface area contributed by atoms with Crippen LogP contribution < -0.4 is 21.1 Å². The summed E-state index contributed by atoms with van der Waals surface area (Å²) in [5.74, 6) is -1.83. The Balaban J connectivity index is 1.99. The molecule has 0 aliphatic heterocycles. The predicted octanol–water partition coefficient (Wildman–Crippen LogP) is 3.26. The van der Waals surface area contributed by atoms with Crippen LogP contribution >= 0.6 is 11.3 Å². The number of nitrogen functional groups attached to an aromatic ring is 1. The van der Waals surface area contributed by atoms with Crippen LogP contribution in [-0.2, 0) is 4.79 Å². The van der Waals surface area contributed by atoms with Crippen LogP contribution in [0.15, 0.2) is 48.7 Å². The number of nitrogens with two attached hydrogens (primary N) is 2. The first-order valence-corrected chi connectivity index (χ1v) is 9.55. The number of halogens is 3. The average Bonchev–Trinajstić information content (AvgIpc) is 3.09. The van der Waals surface area contributed by atoms with Crippen molar-refractivity contribution in [3.8, 4) is 5.88 Å². The van der Waals surface area contributed by atoms with Crippen molar-refractivity contribution in [2.45, 2.75) is 19.3 Å². The number of amides is 1. The molecule has 2 aromatic heterocycles. The highest BCUT2D eigenvalue weighted by Gasteiger charge is 2.32. The van der Waals surface area contributed by atoms with E-state index in [1.165, 1.54) is 17.9 Å². The number of primary amides is 1. The van der Waals surface area contributed by atoms with Crippen LogP contribution in [0.1, 0.15) is 22.2 Å². The predicted molar refractivity (Wildman–Crippen MR) is 108 cm³/mol. The average molecular weight is 451 g/mol. The smallest absolute Gasteiger partial charge is 0.388 e. The highest BCUT2D eigenvalue weighted by Crippen LogP contribution is 2.36. The summed E-state index contributed by atoms with van der Waals surface area (Å²) in [5, 5.41) is 0.148. The third-order valence-corrected chi connectivity index (χ3v) is 5.18. The van der Waals surface area contributed by atoms with Crippen LogP contribution in [0, 0.1) is 0 Å². The number of hydrogen-bond acceptors (Lipinski definition) is 8. The fourth-order valence-electron chi connectivity index (χ4n) is 2.63. The number of pyridine rings is 1. The van der Waals surface area contributed by atoms with Gasteiger partial charge in [-0.1, -0.05) is 41.7 Å². The standard InChI is InChI=1S/C19H16F3N5O3S/c1-10(17(24)29)27(12-7-8-13(25-9-12)30-19(20,21)22)18-26-16(23)15(31-18)14(28)11-5-3-2-4-6-11/h2-10H,23H2,1H3,(H2,24,29)/t10-/m1/s1. The zero-order chi connectivity index (χ0) is 22.8. The monoisotopic (exact) mass is 451 g/mol. The van der Waals surface area contributed by atoms with Gasteiger partial charge in [0.2, 0.25) is 17.6 Å². The van der Waals surface area contributed by atoms with Gasteiger partial charge in [0.25, 0.3) is 0 Å². The molecule has 162 valence electrons. The maximum Gasteiger partial charge on any atom is 0.574 e. The number of hydrogen-bond donors (Lipinski definition) is 2. The maximum atomic E-state index is 12.8. The lowest BCUT2D eigenvalue weighted by Gasteiger charge is -2.26. The number of benzene rings is 1. The second-order valence-corrected chi connectivity index (χ2v) is 7.23. The Bertz CT molecular complexity index is 1090. The van der Waals surface area contributed by atoms with Gasteiger partial charge in [-0.25, -0.2) is 9.97 Å². The van der Waals surface area contributed by atoms with Crippen molar-refractivity contribution in [2.75, 3.05) is 10.6 Å². The molecule has 0 unspecified atom stereocenters.